The first-order chi connectivity index (χ1) is 10.0. The van der Waals surface area contributed by atoms with Gasteiger partial charge >= 0.3 is 0 Å². The molecule has 0 spiro atoms. The van der Waals surface area contributed by atoms with Crippen molar-refractivity contribution in [3.8, 4) is 0 Å². The predicted octanol–water partition coefficient (Wildman–Crippen LogP) is 1.27. The highest BCUT2D eigenvalue weighted by Gasteiger charge is 2.25. The first-order valence-corrected chi connectivity index (χ1v) is 7.10. The molecule has 114 valence electrons. The van der Waals surface area contributed by atoms with Gasteiger partial charge in [0, 0.05) is 37.3 Å². The van der Waals surface area contributed by atoms with Gasteiger partial charge in [-0.2, -0.15) is 0 Å². The summed E-state index contributed by atoms with van der Waals surface area (Å²) in [5.41, 5.74) is 6.71. The minimum absolute atomic E-state index is 0.0291. The van der Waals surface area contributed by atoms with Crippen molar-refractivity contribution in [1.82, 2.24) is 5.32 Å². The molecule has 1 aromatic rings. The molecule has 0 saturated carbocycles. The van der Waals surface area contributed by atoms with E-state index in [9.17, 15) is 14.9 Å². The van der Waals surface area contributed by atoms with Gasteiger partial charge in [-0.15, -0.1) is 0 Å². The summed E-state index contributed by atoms with van der Waals surface area (Å²) in [6.45, 7) is 3.63. The Morgan fingerprint density at radius 2 is 2.33 bits per heavy atom. The smallest absolute Gasteiger partial charge is 0.293 e. The fraction of sp³-hybridized carbons (Fsp3) is 0.500. The van der Waals surface area contributed by atoms with E-state index in [1.54, 1.807) is 19.1 Å². The Morgan fingerprint density at radius 3 is 2.95 bits per heavy atom. The molecule has 1 atom stereocenters. The van der Waals surface area contributed by atoms with Gasteiger partial charge in [0.15, 0.2) is 0 Å². The highest BCUT2D eigenvalue weighted by atomic mass is 16.6. The van der Waals surface area contributed by atoms with Crippen molar-refractivity contribution in [1.29, 1.82) is 0 Å². The predicted molar refractivity (Wildman–Crippen MR) is 80.5 cm³/mol. The summed E-state index contributed by atoms with van der Waals surface area (Å²) in [5, 5.41) is 13.9. The maximum Gasteiger partial charge on any atom is 0.293 e. The average molecular weight is 292 g/mol. The van der Waals surface area contributed by atoms with E-state index in [2.05, 4.69) is 5.32 Å². The molecule has 3 N–H and O–H groups in total. The molecule has 0 aliphatic carbocycles. The maximum absolute atomic E-state index is 11.8. The molecule has 1 aromatic carbocycles. The van der Waals surface area contributed by atoms with E-state index in [4.69, 9.17) is 5.73 Å². The molecule has 7 heteroatoms. The SMILES string of the molecule is CCNC(=O)c1ccc(N2CCC[C@@H](N)C2)c([N+](=O)[O-])c1. The molecule has 7 nitrogen and oxygen atoms in total. The van der Waals surface area contributed by atoms with E-state index in [-0.39, 0.29) is 17.6 Å². The third-order valence-corrected chi connectivity index (χ3v) is 3.57. The van der Waals surface area contributed by atoms with Crippen LogP contribution >= 0.6 is 0 Å². The molecule has 1 aliphatic rings. The minimum Gasteiger partial charge on any atom is -0.364 e. The molecule has 1 fully saturated rings. The molecule has 1 aliphatic heterocycles. The lowest BCUT2D eigenvalue weighted by Crippen LogP contribution is -2.43. The molecule has 1 heterocycles. The van der Waals surface area contributed by atoms with Crippen LogP contribution in [0.5, 0.6) is 0 Å². The van der Waals surface area contributed by atoms with Crippen LogP contribution in [0.3, 0.4) is 0 Å². The van der Waals surface area contributed by atoms with Crippen molar-refractivity contribution in [2.45, 2.75) is 25.8 Å². The zero-order chi connectivity index (χ0) is 15.4. The largest absolute Gasteiger partial charge is 0.364 e. The zero-order valence-corrected chi connectivity index (χ0v) is 12.0. The minimum atomic E-state index is -0.446. The zero-order valence-electron chi connectivity index (χ0n) is 12.0. The van der Waals surface area contributed by atoms with Gasteiger partial charge in [-0.05, 0) is 31.9 Å². The lowest BCUT2D eigenvalue weighted by atomic mass is 10.0. The Bertz CT molecular complexity index is 547. The number of piperidine rings is 1. The van der Waals surface area contributed by atoms with E-state index in [0.717, 1.165) is 19.4 Å². The number of hydrogen-bond donors (Lipinski definition) is 2. The quantitative estimate of drug-likeness (QED) is 0.643. The molecule has 0 aromatic heterocycles. The molecular weight excluding hydrogens is 272 g/mol. The van der Waals surface area contributed by atoms with Crippen LogP contribution in [-0.2, 0) is 0 Å². The molecule has 0 unspecified atom stereocenters. The molecular formula is C14H20N4O3. The molecule has 2 rings (SSSR count). The number of nitrogens with two attached hydrogens (primary N) is 1. The summed E-state index contributed by atoms with van der Waals surface area (Å²) < 4.78 is 0. The van der Waals surface area contributed by atoms with Crippen molar-refractivity contribution >= 4 is 17.3 Å². The Balaban J connectivity index is 2.33. The van der Waals surface area contributed by atoms with Crippen molar-refractivity contribution in [3.05, 3.63) is 33.9 Å². The number of carbonyl (C=O) groups is 1. The normalized spacial score (nSPS) is 18.4. The monoisotopic (exact) mass is 292 g/mol. The topological polar surface area (TPSA) is 102 Å². The van der Waals surface area contributed by atoms with E-state index < -0.39 is 4.92 Å². The Kier molecular flexibility index (Phi) is 4.74. The van der Waals surface area contributed by atoms with E-state index in [1.807, 2.05) is 4.90 Å². The molecule has 1 amide bonds. The van der Waals surface area contributed by atoms with E-state index >= 15 is 0 Å². The third-order valence-electron chi connectivity index (χ3n) is 3.57. The lowest BCUT2D eigenvalue weighted by Gasteiger charge is -2.32. The Labute approximate surface area is 123 Å². The Hall–Kier alpha value is -2.15. The number of nitrogens with zero attached hydrogens (tertiary/aromatic N) is 2. The van der Waals surface area contributed by atoms with Gasteiger partial charge in [-0.1, -0.05) is 0 Å². The Morgan fingerprint density at radius 1 is 1.57 bits per heavy atom. The fourth-order valence-corrected chi connectivity index (χ4v) is 2.57. The summed E-state index contributed by atoms with van der Waals surface area (Å²) in [6.07, 6.45) is 1.84. The van der Waals surface area contributed by atoms with Crippen LogP contribution in [0.4, 0.5) is 11.4 Å². The van der Waals surface area contributed by atoms with Crippen LogP contribution in [0.15, 0.2) is 18.2 Å². The number of rotatable bonds is 4. The van der Waals surface area contributed by atoms with Crippen LogP contribution in [0.2, 0.25) is 0 Å². The lowest BCUT2D eigenvalue weighted by molar-refractivity contribution is -0.384. The van der Waals surface area contributed by atoms with E-state index in [1.165, 1.54) is 6.07 Å². The van der Waals surface area contributed by atoms with Crippen LogP contribution in [0, 0.1) is 10.1 Å². The first kappa shape index (κ1) is 15.2. The highest BCUT2D eigenvalue weighted by Crippen LogP contribution is 2.31. The third kappa shape index (κ3) is 3.49. The van der Waals surface area contributed by atoms with Crippen LogP contribution in [0.25, 0.3) is 0 Å². The van der Waals surface area contributed by atoms with Crippen LogP contribution < -0.4 is 16.0 Å². The molecule has 0 bridgehead atoms. The molecule has 0 radical (unpaired) electrons. The summed E-state index contributed by atoms with van der Waals surface area (Å²) in [7, 11) is 0. The van der Waals surface area contributed by atoms with Crippen molar-refractivity contribution < 1.29 is 9.72 Å². The van der Waals surface area contributed by atoms with Crippen molar-refractivity contribution in [2.75, 3.05) is 24.5 Å². The van der Waals surface area contributed by atoms with Crippen LogP contribution in [-0.4, -0.2) is 36.5 Å². The second-order valence-electron chi connectivity index (χ2n) is 5.17. The number of benzene rings is 1. The number of hydrogen-bond acceptors (Lipinski definition) is 5. The highest BCUT2D eigenvalue weighted by molar-refractivity contribution is 5.95. The van der Waals surface area contributed by atoms with Gasteiger partial charge in [-0.3, -0.25) is 14.9 Å². The first-order valence-electron chi connectivity index (χ1n) is 7.10. The number of nitro groups is 1. The second kappa shape index (κ2) is 6.53. The van der Waals surface area contributed by atoms with Gasteiger partial charge in [0.05, 0.1) is 4.92 Å². The van der Waals surface area contributed by atoms with Crippen molar-refractivity contribution in [2.24, 2.45) is 5.73 Å². The van der Waals surface area contributed by atoms with E-state index in [0.29, 0.717) is 24.3 Å². The number of nitrogens with one attached hydrogen (secondary N) is 1. The van der Waals surface area contributed by atoms with Crippen LogP contribution in [0.1, 0.15) is 30.1 Å². The van der Waals surface area contributed by atoms with Gasteiger partial charge in [0.1, 0.15) is 5.69 Å². The fourth-order valence-electron chi connectivity index (χ4n) is 2.57. The summed E-state index contributed by atoms with van der Waals surface area (Å²) in [6, 6.07) is 4.62. The maximum atomic E-state index is 11.8. The molecule has 1 saturated heterocycles. The van der Waals surface area contributed by atoms with Crippen molar-refractivity contribution in [3.63, 3.8) is 0 Å². The number of anilines is 1. The van der Waals surface area contributed by atoms with Gasteiger partial charge in [0.25, 0.3) is 11.6 Å². The van der Waals surface area contributed by atoms with Gasteiger partial charge < -0.3 is 16.0 Å². The standard InChI is InChI=1S/C14H20N4O3/c1-2-16-14(19)10-5-6-12(13(8-10)18(20)21)17-7-3-4-11(15)9-17/h5-6,8,11H,2-4,7,9,15H2,1H3,(H,16,19)/t11-/m1/s1. The van der Waals surface area contributed by atoms with Gasteiger partial charge in [0.2, 0.25) is 0 Å². The summed E-state index contributed by atoms with van der Waals surface area (Å²) in [4.78, 5) is 24.6. The number of amides is 1. The molecule has 21 heavy (non-hydrogen) atoms. The summed E-state index contributed by atoms with van der Waals surface area (Å²) in [5.74, 6) is -0.303. The number of nitro benzene ring substituents is 1. The van der Waals surface area contributed by atoms with Gasteiger partial charge in [-0.25, -0.2) is 0 Å². The second-order valence-corrected chi connectivity index (χ2v) is 5.17. The summed E-state index contributed by atoms with van der Waals surface area (Å²) >= 11 is 0. The average Bonchev–Trinajstić information content (AvgIpc) is 2.46. The number of carbonyl (C=O) groups excluding carboxylic acids is 1.